The van der Waals surface area contributed by atoms with E-state index in [1.54, 1.807) is 13.8 Å². The smallest absolute Gasteiger partial charge is 0.330 e. The first kappa shape index (κ1) is 21.1. The van der Waals surface area contributed by atoms with Crippen molar-refractivity contribution in [3.05, 3.63) is 32.6 Å². The number of nitrogens with zero attached hydrogens (tertiary/aromatic N) is 2. The normalized spacial score (nSPS) is 11.5. The van der Waals surface area contributed by atoms with Crippen LogP contribution in [0.15, 0.2) is 15.8 Å². The van der Waals surface area contributed by atoms with Crippen LogP contribution in [0.5, 0.6) is 0 Å². The molecule has 1 N–H and O–H groups in total. The Kier molecular flexibility index (Phi) is 7.76. The van der Waals surface area contributed by atoms with Gasteiger partial charge in [-0.25, -0.2) is 4.79 Å². The number of carbonyl (C=O) groups is 3. The van der Waals surface area contributed by atoms with Gasteiger partial charge in [0.25, 0.3) is 5.56 Å². The second kappa shape index (κ2) is 9.54. The predicted molar refractivity (Wildman–Crippen MR) is 90.6 cm³/mol. The molecule has 0 aliphatic heterocycles. The summed E-state index contributed by atoms with van der Waals surface area (Å²) < 4.78 is 11.6. The zero-order valence-electron chi connectivity index (χ0n) is 15.2. The maximum absolute atomic E-state index is 12.4. The van der Waals surface area contributed by atoms with Crippen LogP contribution >= 0.6 is 0 Å². The van der Waals surface area contributed by atoms with E-state index in [1.807, 2.05) is 0 Å². The highest BCUT2D eigenvalue weighted by molar-refractivity contribution is 5.88. The average Bonchev–Trinajstić information content (AvgIpc) is 2.60. The Hall–Kier alpha value is -2.91. The lowest BCUT2D eigenvalue weighted by Crippen LogP contribution is -2.41. The predicted octanol–water partition coefficient (Wildman–Crippen LogP) is -1.20. The Labute approximate surface area is 149 Å². The summed E-state index contributed by atoms with van der Waals surface area (Å²) in [6.45, 7) is 3.11. The lowest BCUT2D eigenvalue weighted by molar-refractivity contribution is -0.146. The molecule has 1 aromatic rings. The third kappa shape index (κ3) is 5.30. The van der Waals surface area contributed by atoms with Gasteiger partial charge >= 0.3 is 17.6 Å². The highest BCUT2D eigenvalue weighted by Gasteiger charge is 2.29. The van der Waals surface area contributed by atoms with E-state index < -0.39 is 41.4 Å². The Morgan fingerprint density at radius 1 is 1.12 bits per heavy atom. The van der Waals surface area contributed by atoms with E-state index in [0.29, 0.717) is 0 Å². The minimum atomic E-state index is -1.21. The van der Waals surface area contributed by atoms with E-state index in [2.05, 4.69) is 5.32 Å². The molecule has 0 radical (unpaired) electrons. The molecule has 1 aromatic heterocycles. The third-order valence-electron chi connectivity index (χ3n) is 3.54. The van der Waals surface area contributed by atoms with E-state index in [4.69, 9.17) is 9.47 Å². The van der Waals surface area contributed by atoms with Crippen molar-refractivity contribution >= 4 is 17.8 Å². The van der Waals surface area contributed by atoms with Gasteiger partial charge in [0.1, 0.15) is 6.54 Å². The zero-order valence-corrected chi connectivity index (χ0v) is 15.2. The Morgan fingerprint density at radius 2 is 1.73 bits per heavy atom. The molecule has 0 aliphatic carbocycles. The Morgan fingerprint density at radius 3 is 2.31 bits per heavy atom. The van der Waals surface area contributed by atoms with E-state index in [-0.39, 0.29) is 25.3 Å². The third-order valence-corrected chi connectivity index (χ3v) is 3.54. The van der Waals surface area contributed by atoms with Gasteiger partial charge in [0.05, 0.1) is 19.1 Å². The van der Waals surface area contributed by atoms with Crippen LogP contribution in [0.4, 0.5) is 0 Å². The topological polar surface area (TPSA) is 126 Å². The quantitative estimate of drug-likeness (QED) is 0.571. The van der Waals surface area contributed by atoms with Gasteiger partial charge in [-0.05, 0) is 13.8 Å². The lowest BCUT2D eigenvalue weighted by Gasteiger charge is -2.16. The van der Waals surface area contributed by atoms with Crippen LogP contribution in [0.2, 0.25) is 0 Å². The molecular formula is C16H23N3O7. The van der Waals surface area contributed by atoms with Crippen LogP contribution in [0.3, 0.4) is 0 Å². The van der Waals surface area contributed by atoms with Crippen LogP contribution in [0.25, 0.3) is 0 Å². The fourth-order valence-electron chi connectivity index (χ4n) is 2.28. The first-order chi connectivity index (χ1) is 12.2. The fraction of sp³-hybridized carbons (Fsp3) is 0.562. The van der Waals surface area contributed by atoms with Crippen molar-refractivity contribution in [1.82, 2.24) is 14.5 Å². The number of hydrogen-bond donors (Lipinski definition) is 1. The molecule has 0 saturated heterocycles. The van der Waals surface area contributed by atoms with Crippen LogP contribution in [-0.4, -0.2) is 46.7 Å². The Bertz CT molecular complexity index is 794. The van der Waals surface area contributed by atoms with Crippen molar-refractivity contribution in [2.24, 2.45) is 14.1 Å². The summed E-state index contributed by atoms with van der Waals surface area (Å²) in [5.41, 5.74) is -1.29. The number of ether oxygens (including phenoxy) is 2. The number of nitrogens with one attached hydrogen (secondary N) is 1. The molecular weight excluding hydrogens is 346 g/mol. The molecule has 0 bridgehead atoms. The van der Waals surface area contributed by atoms with E-state index in [1.165, 1.54) is 20.3 Å². The van der Waals surface area contributed by atoms with Crippen molar-refractivity contribution in [1.29, 1.82) is 0 Å². The molecule has 1 heterocycles. The molecule has 1 atom stereocenters. The second-order valence-corrected chi connectivity index (χ2v) is 5.43. The molecule has 10 heteroatoms. The standard InChI is InChI=1S/C16H23N3O7/c1-5-25-13(21)8-17-12(20)7-10(15(23)26-6-2)11-9-18(3)16(24)19(4)14(11)22/h9-10H,5-8H2,1-4H3,(H,17,20)/t10-/m0/s1. The number of carbonyl (C=O) groups excluding carboxylic acids is 3. The molecule has 0 spiro atoms. The molecule has 0 saturated carbocycles. The highest BCUT2D eigenvalue weighted by Crippen LogP contribution is 2.18. The molecule has 0 fully saturated rings. The molecule has 144 valence electrons. The fourth-order valence-corrected chi connectivity index (χ4v) is 2.28. The van der Waals surface area contributed by atoms with Crippen molar-refractivity contribution in [2.45, 2.75) is 26.2 Å². The maximum Gasteiger partial charge on any atom is 0.330 e. The van der Waals surface area contributed by atoms with Gasteiger partial charge < -0.3 is 19.4 Å². The first-order valence-electron chi connectivity index (χ1n) is 8.08. The van der Waals surface area contributed by atoms with Gasteiger partial charge in [-0.3, -0.25) is 23.7 Å². The number of esters is 2. The molecule has 0 aromatic carbocycles. The van der Waals surface area contributed by atoms with Crippen LogP contribution in [0, 0.1) is 0 Å². The maximum atomic E-state index is 12.4. The average molecular weight is 369 g/mol. The van der Waals surface area contributed by atoms with Crippen LogP contribution < -0.4 is 16.6 Å². The largest absolute Gasteiger partial charge is 0.466 e. The van der Waals surface area contributed by atoms with E-state index >= 15 is 0 Å². The molecule has 26 heavy (non-hydrogen) atoms. The van der Waals surface area contributed by atoms with Crippen molar-refractivity contribution in [3.63, 3.8) is 0 Å². The minimum absolute atomic E-state index is 0.0423. The number of hydrogen-bond acceptors (Lipinski definition) is 7. The summed E-state index contributed by atoms with van der Waals surface area (Å²) in [6, 6.07) is 0. The van der Waals surface area contributed by atoms with E-state index in [9.17, 15) is 24.0 Å². The summed E-state index contributed by atoms with van der Waals surface area (Å²) in [6.07, 6.45) is 0.802. The van der Waals surface area contributed by atoms with Crippen molar-refractivity contribution < 1.29 is 23.9 Å². The van der Waals surface area contributed by atoms with Crippen molar-refractivity contribution in [2.75, 3.05) is 19.8 Å². The molecule has 1 amide bonds. The van der Waals surface area contributed by atoms with E-state index in [0.717, 1.165) is 9.13 Å². The van der Waals surface area contributed by atoms with Crippen LogP contribution in [0.1, 0.15) is 31.7 Å². The summed E-state index contributed by atoms with van der Waals surface area (Å²) in [4.78, 5) is 59.8. The molecule has 10 nitrogen and oxygen atoms in total. The number of amides is 1. The molecule has 0 aliphatic rings. The van der Waals surface area contributed by atoms with Crippen molar-refractivity contribution in [3.8, 4) is 0 Å². The number of aromatic nitrogens is 2. The molecule has 1 rings (SSSR count). The van der Waals surface area contributed by atoms with Gasteiger partial charge in [0, 0.05) is 32.3 Å². The minimum Gasteiger partial charge on any atom is -0.466 e. The SMILES string of the molecule is CCOC(=O)CNC(=O)C[C@H](C(=O)OCC)c1cn(C)c(=O)n(C)c1=O. The van der Waals surface area contributed by atoms with Gasteiger partial charge in [-0.2, -0.15) is 0 Å². The van der Waals surface area contributed by atoms with Crippen LogP contribution in [-0.2, 0) is 38.0 Å². The molecule has 0 unspecified atom stereocenters. The van der Waals surface area contributed by atoms with Gasteiger partial charge in [-0.15, -0.1) is 0 Å². The lowest BCUT2D eigenvalue weighted by atomic mass is 9.97. The van der Waals surface area contributed by atoms with Gasteiger partial charge in [0.15, 0.2) is 0 Å². The first-order valence-corrected chi connectivity index (χ1v) is 8.08. The monoisotopic (exact) mass is 369 g/mol. The number of aryl methyl sites for hydroxylation is 1. The second-order valence-electron chi connectivity index (χ2n) is 5.43. The zero-order chi connectivity index (χ0) is 19.9. The summed E-state index contributed by atoms with van der Waals surface area (Å²) >= 11 is 0. The highest BCUT2D eigenvalue weighted by atomic mass is 16.5. The number of rotatable bonds is 8. The Balaban J connectivity index is 3.10. The summed E-state index contributed by atoms with van der Waals surface area (Å²) in [7, 11) is 2.70. The summed E-state index contributed by atoms with van der Waals surface area (Å²) in [5, 5.41) is 2.33. The van der Waals surface area contributed by atoms with Gasteiger partial charge in [-0.1, -0.05) is 0 Å². The van der Waals surface area contributed by atoms with Gasteiger partial charge in [0.2, 0.25) is 5.91 Å². The summed E-state index contributed by atoms with van der Waals surface area (Å²) in [5.74, 6) is -3.23.